The predicted octanol–water partition coefficient (Wildman–Crippen LogP) is 1.43. The van der Waals surface area contributed by atoms with Crippen LogP contribution in [0.4, 0.5) is 0 Å². The molecule has 1 aromatic heterocycles. The van der Waals surface area contributed by atoms with Crippen LogP contribution in [0.25, 0.3) is 0 Å². The van der Waals surface area contributed by atoms with Crippen LogP contribution in [0.5, 0.6) is 5.88 Å². The van der Waals surface area contributed by atoms with Crippen molar-refractivity contribution in [2.45, 2.75) is 32.8 Å². The van der Waals surface area contributed by atoms with E-state index in [0.717, 1.165) is 6.42 Å². The van der Waals surface area contributed by atoms with Crippen LogP contribution in [0.15, 0.2) is 12.3 Å². The van der Waals surface area contributed by atoms with E-state index in [1.54, 1.807) is 19.4 Å². The van der Waals surface area contributed by atoms with Crippen LogP contribution in [0.2, 0.25) is 0 Å². The average Bonchev–Trinajstić information content (AvgIpc) is 2.16. The molecular weight excluding hydrogens is 192 g/mol. The van der Waals surface area contributed by atoms with Crippen LogP contribution < -0.4 is 4.74 Å². The van der Waals surface area contributed by atoms with Crippen molar-refractivity contribution >= 4 is 0 Å². The van der Waals surface area contributed by atoms with Gasteiger partial charge in [-0.3, -0.25) is 0 Å². The van der Waals surface area contributed by atoms with E-state index < -0.39 is 0 Å². The molecule has 0 aliphatic heterocycles. The summed E-state index contributed by atoms with van der Waals surface area (Å²) in [6.45, 7) is 4.16. The normalized spacial score (nSPS) is 12.9. The van der Waals surface area contributed by atoms with Gasteiger partial charge in [-0.05, 0) is 12.3 Å². The van der Waals surface area contributed by atoms with E-state index in [1.165, 1.54) is 0 Å². The molecule has 1 atom stereocenters. The van der Waals surface area contributed by atoms with Crippen molar-refractivity contribution in [1.82, 2.24) is 9.97 Å². The monoisotopic (exact) mass is 210 g/mol. The quantitative estimate of drug-likeness (QED) is 0.799. The molecule has 4 heteroatoms. The second-order valence-electron chi connectivity index (χ2n) is 4.00. The lowest BCUT2D eigenvalue weighted by Gasteiger charge is -2.11. The van der Waals surface area contributed by atoms with E-state index in [1.807, 2.05) is 0 Å². The lowest BCUT2D eigenvalue weighted by atomic mass is 10.0. The lowest BCUT2D eigenvalue weighted by molar-refractivity contribution is 0.146. The molecule has 0 bridgehead atoms. The molecule has 1 heterocycles. The molecule has 0 amide bonds. The first kappa shape index (κ1) is 11.9. The highest BCUT2D eigenvalue weighted by atomic mass is 16.5. The Kier molecular flexibility index (Phi) is 4.49. The zero-order valence-electron chi connectivity index (χ0n) is 9.47. The topological polar surface area (TPSA) is 55.2 Å². The minimum Gasteiger partial charge on any atom is -0.481 e. The number of aliphatic hydroxyl groups excluding tert-OH is 1. The Morgan fingerprint density at radius 3 is 2.80 bits per heavy atom. The van der Waals surface area contributed by atoms with Gasteiger partial charge in [0.2, 0.25) is 5.88 Å². The standard InChI is InChI=1S/C11H18N2O2/c1-8(2)6-9(14)7-10-12-5-4-11(13-10)15-3/h4-5,8-9,14H,6-7H2,1-3H3. The minimum absolute atomic E-state index is 0.378. The van der Waals surface area contributed by atoms with Crippen molar-refractivity contribution in [3.63, 3.8) is 0 Å². The second-order valence-corrected chi connectivity index (χ2v) is 4.00. The van der Waals surface area contributed by atoms with Crippen molar-refractivity contribution in [2.24, 2.45) is 5.92 Å². The van der Waals surface area contributed by atoms with Gasteiger partial charge in [-0.1, -0.05) is 13.8 Å². The van der Waals surface area contributed by atoms with E-state index in [2.05, 4.69) is 23.8 Å². The fourth-order valence-electron chi connectivity index (χ4n) is 1.43. The van der Waals surface area contributed by atoms with E-state index in [-0.39, 0.29) is 6.10 Å². The predicted molar refractivity (Wildman–Crippen MR) is 57.7 cm³/mol. The summed E-state index contributed by atoms with van der Waals surface area (Å²) in [5.74, 6) is 1.64. The third-order valence-corrected chi connectivity index (χ3v) is 2.05. The third-order valence-electron chi connectivity index (χ3n) is 2.05. The molecule has 1 N–H and O–H groups in total. The summed E-state index contributed by atoms with van der Waals surface area (Å²) in [6, 6.07) is 1.69. The maximum absolute atomic E-state index is 9.72. The highest BCUT2D eigenvalue weighted by molar-refractivity contribution is 5.08. The highest BCUT2D eigenvalue weighted by Crippen LogP contribution is 2.10. The summed E-state index contributed by atoms with van der Waals surface area (Å²) in [7, 11) is 1.57. The molecule has 1 unspecified atom stereocenters. The summed E-state index contributed by atoms with van der Waals surface area (Å²) in [4.78, 5) is 8.23. The van der Waals surface area contributed by atoms with Crippen LogP contribution in [-0.2, 0) is 6.42 Å². The molecular formula is C11H18N2O2. The maximum atomic E-state index is 9.72. The number of hydrogen-bond donors (Lipinski definition) is 1. The van der Waals surface area contributed by atoms with Crippen molar-refractivity contribution in [2.75, 3.05) is 7.11 Å². The van der Waals surface area contributed by atoms with Gasteiger partial charge in [-0.15, -0.1) is 0 Å². The smallest absolute Gasteiger partial charge is 0.216 e. The molecule has 15 heavy (non-hydrogen) atoms. The molecule has 0 radical (unpaired) electrons. The molecule has 0 saturated carbocycles. The number of methoxy groups -OCH3 is 1. The van der Waals surface area contributed by atoms with Gasteiger partial charge in [0.1, 0.15) is 5.82 Å². The molecule has 0 aliphatic rings. The average molecular weight is 210 g/mol. The van der Waals surface area contributed by atoms with Crippen molar-refractivity contribution in [3.05, 3.63) is 18.1 Å². The molecule has 0 fully saturated rings. The molecule has 0 spiro atoms. The Balaban J connectivity index is 2.55. The fourth-order valence-corrected chi connectivity index (χ4v) is 1.43. The zero-order valence-corrected chi connectivity index (χ0v) is 9.47. The van der Waals surface area contributed by atoms with Crippen LogP contribution >= 0.6 is 0 Å². The summed E-state index contributed by atoms with van der Waals surface area (Å²) < 4.78 is 4.98. The molecule has 1 aromatic rings. The van der Waals surface area contributed by atoms with E-state index >= 15 is 0 Å². The van der Waals surface area contributed by atoms with Crippen molar-refractivity contribution < 1.29 is 9.84 Å². The third kappa shape index (κ3) is 4.25. The van der Waals surface area contributed by atoms with Crippen LogP contribution in [0.3, 0.4) is 0 Å². The molecule has 0 aliphatic carbocycles. The molecule has 84 valence electrons. The van der Waals surface area contributed by atoms with Crippen LogP contribution in [0.1, 0.15) is 26.1 Å². The highest BCUT2D eigenvalue weighted by Gasteiger charge is 2.10. The maximum Gasteiger partial charge on any atom is 0.216 e. The van der Waals surface area contributed by atoms with Gasteiger partial charge in [-0.25, -0.2) is 4.98 Å². The number of aromatic nitrogens is 2. The number of hydrogen-bond acceptors (Lipinski definition) is 4. The van der Waals surface area contributed by atoms with Crippen LogP contribution in [-0.4, -0.2) is 28.3 Å². The molecule has 0 saturated heterocycles. The number of nitrogens with zero attached hydrogens (tertiary/aromatic N) is 2. The summed E-state index contributed by atoms with van der Waals surface area (Å²) >= 11 is 0. The Bertz CT molecular complexity index is 302. The Morgan fingerprint density at radius 2 is 2.20 bits per heavy atom. The van der Waals surface area contributed by atoms with Gasteiger partial charge >= 0.3 is 0 Å². The van der Waals surface area contributed by atoms with Gasteiger partial charge in [0.25, 0.3) is 0 Å². The number of rotatable bonds is 5. The molecule has 1 rings (SSSR count). The van der Waals surface area contributed by atoms with Gasteiger partial charge < -0.3 is 9.84 Å². The Morgan fingerprint density at radius 1 is 1.47 bits per heavy atom. The first-order chi connectivity index (χ1) is 7.11. The van der Waals surface area contributed by atoms with E-state index in [0.29, 0.717) is 24.0 Å². The summed E-state index contributed by atoms with van der Waals surface area (Å²) in [6.07, 6.45) is 2.51. The van der Waals surface area contributed by atoms with E-state index in [9.17, 15) is 5.11 Å². The first-order valence-corrected chi connectivity index (χ1v) is 5.15. The van der Waals surface area contributed by atoms with Gasteiger partial charge in [0, 0.05) is 18.7 Å². The zero-order chi connectivity index (χ0) is 11.3. The summed E-state index contributed by atoms with van der Waals surface area (Å²) in [5, 5.41) is 9.72. The van der Waals surface area contributed by atoms with Gasteiger partial charge in [0.05, 0.1) is 13.2 Å². The number of ether oxygens (including phenoxy) is 1. The largest absolute Gasteiger partial charge is 0.481 e. The number of aliphatic hydroxyl groups is 1. The van der Waals surface area contributed by atoms with Crippen LogP contribution in [0, 0.1) is 5.92 Å². The SMILES string of the molecule is COc1ccnc(CC(O)CC(C)C)n1. The Hall–Kier alpha value is -1.16. The van der Waals surface area contributed by atoms with Crippen molar-refractivity contribution in [3.8, 4) is 5.88 Å². The first-order valence-electron chi connectivity index (χ1n) is 5.15. The van der Waals surface area contributed by atoms with Gasteiger partial charge in [-0.2, -0.15) is 4.98 Å². The second kappa shape index (κ2) is 5.66. The summed E-state index contributed by atoms with van der Waals surface area (Å²) in [5.41, 5.74) is 0. The van der Waals surface area contributed by atoms with Crippen molar-refractivity contribution in [1.29, 1.82) is 0 Å². The van der Waals surface area contributed by atoms with E-state index in [4.69, 9.17) is 4.74 Å². The minimum atomic E-state index is -0.378. The van der Waals surface area contributed by atoms with Gasteiger partial charge in [0.15, 0.2) is 0 Å². The fraction of sp³-hybridized carbons (Fsp3) is 0.636. The molecule has 4 nitrogen and oxygen atoms in total. The molecule has 0 aromatic carbocycles. The Labute approximate surface area is 90.3 Å². The lowest BCUT2D eigenvalue weighted by Crippen LogP contribution is -2.15.